The molecule has 3 rings (SSSR count). The lowest BCUT2D eigenvalue weighted by molar-refractivity contribution is -0.191. The van der Waals surface area contributed by atoms with Gasteiger partial charge in [-0.1, -0.05) is 17.3 Å². The van der Waals surface area contributed by atoms with Crippen molar-refractivity contribution in [1.29, 1.82) is 0 Å². The van der Waals surface area contributed by atoms with E-state index < -0.39 is 0 Å². The van der Waals surface area contributed by atoms with Crippen LogP contribution in [0.1, 0.15) is 31.1 Å². The van der Waals surface area contributed by atoms with Crippen molar-refractivity contribution < 1.29 is 19.0 Å². The lowest BCUT2D eigenvalue weighted by Crippen LogP contribution is -2.48. The minimum Gasteiger partial charge on any atom is -0.462 e. The minimum absolute atomic E-state index is 0.0957. The van der Waals surface area contributed by atoms with E-state index in [9.17, 15) is 4.79 Å². The largest absolute Gasteiger partial charge is 0.462 e. The van der Waals surface area contributed by atoms with E-state index in [1.165, 1.54) is 0 Å². The first-order chi connectivity index (χ1) is 12.0. The van der Waals surface area contributed by atoms with Gasteiger partial charge in [-0.3, -0.25) is 0 Å². The fourth-order valence-electron chi connectivity index (χ4n) is 2.77. The van der Waals surface area contributed by atoms with Crippen molar-refractivity contribution >= 4 is 5.97 Å². The Hall–Kier alpha value is -2.25. The number of carbonyl (C=O) groups excluding carboxylic acids is 1. The van der Waals surface area contributed by atoms with E-state index in [2.05, 4.69) is 10.3 Å². The third kappa shape index (κ3) is 4.05. The van der Waals surface area contributed by atoms with Crippen LogP contribution in [0.2, 0.25) is 0 Å². The number of hydrogen-bond acceptors (Lipinski definition) is 6. The Morgan fingerprint density at radius 1 is 1.40 bits per heavy atom. The van der Waals surface area contributed by atoms with Crippen molar-refractivity contribution in [2.75, 3.05) is 19.8 Å². The van der Waals surface area contributed by atoms with Gasteiger partial charge in [0.1, 0.15) is 11.8 Å². The van der Waals surface area contributed by atoms with Gasteiger partial charge in [0.15, 0.2) is 0 Å². The number of nitrogens with zero attached hydrogens (tertiary/aromatic N) is 3. The lowest BCUT2D eigenvalue weighted by Gasteiger charge is -2.38. The molecule has 0 radical (unpaired) electrons. The summed E-state index contributed by atoms with van der Waals surface area (Å²) in [7, 11) is 0. The molecule has 0 bridgehead atoms. The molecule has 1 aromatic heterocycles. The number of aromatic nitrogens is 3. The van der Waals surface area contributed by atoms with E-state index in [4.69, 9.17) is 14.2 Å². The standard InChI is InChI=1S/C18H23N3O4/c1-4-23-17(22)14-7-5-6-13(10-14)15-11-21(20-19-15)12-16-18(2,3)25-9-8-24-16/h5-7,10-11,16H,4,8-9,12H2,1-3H3. The first-order valence-corrected chi connectivity index (χ1v) is 8.43. The molecular weight excluding hydrogens is 322 g/mol. The lowest BCUT2D eigenvalue weighted by atomic mass is 10.0. The highest BCUT2D eigenvalue weighted by Crippen LogP contribution is 2.24. The molecule has 1 atom stereocenters. The monoisotopic (exact) mass is 345 g/mol. The maximum Gasteiger partial charge on any atom is 0.338 e. The van der Waals surface area contributed by atoms with Crippen LogP contribution < -0.4 is 0 Å². The number of carbonyl (C=O) groups is 1. The molecule has 1 aromatic carbocycles. The zero-order valence-electron chi connectivity index (χ0n) is 14.8. The molecule has 7 nitrogen and oxygen atoms in total. The molecule has 1 fully saturated rings. The van der Waals surface area contributed by atoms with Crippen LogP contribution in [0.4, 0.5) is 0 Å². The smallest absolute Gasteiger partial charge is 0.338 e. The maximum absolute atomic E-state index is 11.9. The number of rotatable bonds is 5. The second kappa shape index (κ2) is 7.33. The zero-order chi connectivity index (χ0) is 17.9. The average molecular weight is 345 g/mol. The summed E-state index contributed by atoms with van der Waals surface area (Å²) in [5.74, 6) is -0.341. The number of ether oxygens (including phenoxy) is 3. The summed E-state index contributed by atoms with van der Waals surface area (Å²) < 4.78 is 18.4. The van der Waals surface area contributed by atoms with Gasteiger partial charge in [0.2, 0.25) is 0 Å². The summed E-state index contributed by atoms with van der Waals surface area (Å²) in [5.41, 5.74) is 1.64. The molecule has 25 heavy (non-hydrogen) atoms. The van der Waals surface area contributed by atoms with E-state index in [1.807, 2.05) is 32.2 Å². The van der Waals surface area contributed by atoms with Crippen molar-refractivity contribution in [2.45, 2.75) is 39.0 Å². The number of hydrogen-bond donors (Lipinski definition) is 0. The third-order valence-electron chi connectivity index (χ3n) is 4.21. The van der Waals surface area contributed by atoms with Gasteiger partial charge >= 0.3 is 5.97 Å². The average Bonchev–Trinajstić information content (AvgIpc) is 3.06. The van der Waals surface area contributed by atoms with E-state index in [-0.39, 0.29) is 17.7 Å². The first-order valence-electron chi connectivity index (χ1n) is 8.43. The quantitative estimate of drug-likeness (QED) is 0.774. The van der Waals surface area contributed by atoms with Gasteiger partial charge in [-0.2, -0.15) is 0 Å². The van der Waals surface area contributed by atoms with Crippen LogP contribution in [0.3, 0.4) is 0 Å². The van der Waals surface area contributed by atoms with Crippen LogP contribution in [-0.2, 0) is 20.8 Å². The summed E-state index contributed by atoms with van der Waals surface area (Å²) in [6.45, 7) is 7.89. The van der Waals surface area contributed by atoms with E-state index in [0.717, 1.165) is 5.56 Å². The molecule has 2 heterocycles. The van der Waals surface area contributed by atoms with Crippen LogP contribution in [-0.4, -0.2) is 52.5 Å². The Labute approximate surface area is 146 Å². The second-order valence-electron chi connectivity index (χ2n) is 6.44. The van der Waals surface area contributed by atoms with Crippen LogP contribution >= 0.6 is 0 Å². The van der Waals surface area contributed by atoms with Crippen molar-refractivity contribution in [1.82, 2.24) is 15.0 Å². The normalized spacial score (nSPS) is 19.6. The maximum atomic E-state index is 11.9. The molecule has 1 aliphatic heterocycles. The molecule has 134 valence electrons. The Morgan fingerprint density at radius 2 is 2.24 bits per heavy atom. The van der Waals surface area contributed by atoms with Crippen molar-refractivity contribution in [3.63, 3.8) is 0 Å². The van der Waals surface area contributed by atoms with Gasteiger partial charge in [-0.25, -0.2) is 9.48 Å². The number of esters is 1. The number of benzene rings is 1. The molecule has 1 unspecified atom stereocenters. The van der Waals surface area contributed by atoms with Gasteiger partial charge < -0.3 is 14.2 Å². The molecule has 0 N–H and O–H groups in total. The molecule has 1 aliphatic rings. The molecule has 0 spiro atoms. The van der Waals surface area contributed by atoms with E-state index in [1.54, 1.807) is 23.7 Å². The van der Waals surface area contributed by atoms with Crippen molar-refractivity contribution in [3.8, 4) is 11.3 Å². The molecule has 0 aliphatic carbocycles. The van der Waals surface area contributed by atoms with Crippen LogP contribution in [0.5, 0.6) is 0 Å². The minimum atomic E-state index is -0.367. The molecule has 7 heteroatoms. The molecule has 0 saturated carbocycles. The first kappa shape index (κ1) is 17.6. The molecule has 1 saturated heterocycles. The summed E-state index contributed by atoms with van der Waals surface area (Å²) in [5, 5.41) is 8.39. The summed E-state index contributed by atoms with van der Waals surface area (Å²) in [6.07, 6.45) is 1.75. The Balaban J connectivity index is 1.75. The van der Waals surface area contributed by atoms with Crippen LogP contribution in [0, 0.1) is 0 Å². The van der Waals surface area contributed by atoms with Crippen molar-refractivity contribution in [3.05, 3.63) is 36.0 Å². The van der Waals surface area contributed by atoms with Crippen LogP contribution in [0.15, 0.2) is 30.5 Å². The van der Waals surface area contributed by atoms with Gasteiger partial charge in [0.25, 0.3) is 0 Å². The fraction of sp³-hybridized carbons (Fsp3) is 0.500. The van der Waals surface area contributed by atoms with Gasteiger partial charge in [-0.15, -0.1) is 5.10 Å². The summed E-state index contributed by atoms with van der Waals surface area (Å²) in [6, 6.07) is 7.18. The topological polar surface area (TPSA) is 75.5 Å². The summed E-state index contributed by atoms with van der Waals surface area (Å²) >= 11 is 0. The van der Waals surface area contributed by atoms with Gasteiger partial charge in [0, 0.05) is 5.56 Å². The summed E-state index contributed by atoms with van der Waals surface area (Å²) in [4.78, 5) is 11.9. The van der Waals surface area contributed by atoms with Gasteiger partial charge in [-0.05, 0) is 32.9 Å². The van der Waals surface area contributed by atoms with E-state index in [0.29, 0.717) is 37.6 Å². The molecule has 2 aromatic rings. The SMILES string of the molecule is CCOC(=O)c1cccc(-c2cn(CC3OCCOC3(C)C)nn2)c1. The molecular formula is C18H23N3O4. The predicted molar refractivity (Wildman–Crippen MR) is 91.2 cm³/mol. The zero-order valence-corrected chi connectivity index (χ0v) is 14.8. The van der Waals surface area contributed by atoms with E-state index >= 15 is 0 Å². The highest BCUT2D eigenvalue weighted by molar-refractivity contribution is 5.90. The highest BCUT2D eigenvalue weighted by atomic mass is 16.6. The Kier molecular flexibility index (Phi) is 5.15. The highest BCUT2D eigenvalue weighted by Gasteiger charge is 2.35. The van der Waals surface area contributed by atoms with Crippen molar-refractivity contribution in [2.24, 2.45) is 0 Å². The Bertz CT molecular complexity index is 741. The fourth-order valence-corrected chi connectivity index (χ4v) is 2.77. The predicted octanol–water partition coefficient (Wildman–Crippen LogP) is 2.32. The molecule has 0 amide bonds. The Morgan fingerprint density at radius 3 is 3.00 bits per heavy atom. The van der Waals surface area contributed by atoms with Crippen LogP contribution in [0.25, 0.3) is 11.3 Å². The second-order valence-corrected chi connectivity index (χ2v) is 6.44. The third-order valence-corrected chi connectivity index (χ3v) is 4.21. The van der Waals surface area contributed by atoms with Gasteiger partial charge in [0.05, 0.1) is 43.7 Å².